The van der Waals surface area contributed by atoms with Crippen molar-refractivity contribution < 1.29 is 14.6 Å². The van der Waals surface area contributed by atoms with Crippen LogP contribution in [0.3, 0.4) is 0 Å². The van der Waals surface area contributed by atoms with Gasteiger partial charge in [0.25, 0.3) is 0 Å². The number of allylic oxidation sites excluding steroid dienone is 2. The van der Waals surface area contributed by atoms with Crippen molar-refractivity contribution in [2.75, 3.05) is 16.8 Å². The maximum atomic E-state index is 11.5. The molecular weight excluding hydrogens is 394 g/mol. The summed E-state index contributed by atoms with van der Waals surface area (Å²) in [5, 5.41) is 13.5. The van der Waals surface area contributed by atoms with Gasteiger partial charge in [0.1, 0.15) is 11.9 Å². The largest absolute Gasteiger partial charge is 0.489 e. The molecular formula is C22H20ClNO3S. The van der Waals surface area contributed by atoms with E-state index in [4.69, 9.17) is 16.3 Å². The molecule has 28 heavy (non-hydrogen) atoms. The zero-order chi connectivity index (χ0) is 19.3. The van der Waals surface area contributed by atoms with Gasteiger partial charge in [0, 0.05) is 17.4 Å². The van der Waals surface area contributed by atoms with Crippen LogP contribution in [-0.2, 0) is 0 Å². The van der Waals surface area contributed by atoms with Crippen molar-refractivity contribution in [3.63, 3.8) is 0 Å². The van der Waals surface area contributed by atoms with Gasteiger partial charge in [-0.05, 0) is 47.7 Å². The van der Waals surface area contributed by atoms with Gasteiger partial charge in [0.05, 0.1) is 22.3 Å². The summed E-state index contributed by atoms with van der Waals surface area (Å²) in [6.07, 6.45) is 5.63. The van der Waals surface area contributed by atoms with E-state index in [1.807, 2.05) is 23.9 Å². The van der Waals surface area contributed by atoms with Gasteiger partial charge >= 0.3 is 5.97 Å². The molecule has 5 rings (SSSR count). The molecule has 1 saturated heterocycles. The van der Waals surface area contributed by atoms with Gasteiger partial charge in [-0.25, -0.2) is 4.79 Å². The summed E-state index contributed by atoms with van der Waals surface area (Å²) >= 11 is 8.39. The molecule has 0 spiro atoms. The van der Waals surface area contributed by atoms with Crippen molar-refractivity contribution in [3.8, 4) is 5.75 Å². The fourth-order valence-electron chi connectivity index (χ4n) is 4.36. The lowest BCUT2D eigenvalue weighted by atomic mass is 9.76. The fraction of sp³-hybridized carbons (Fsp3) is 0.318. The summed E-state index contributed by atoms with van der Waals surface area (Å²) in [5.41, 5.74) is 3.22. The molecule has 4 nitrogen and oxygen atoms in total. The number of carbonyl (C=O) groups is 1. The number of rotatable bonds is 4. The van der Waals surface area contributed by atoms with Crippen LogP contribution in [0, 0.1) is 5.92 Å². The molecule has 0 bridgehead atoms. The van der Waals surface area contributed by atoms with E-state index in [0.717, 1.165) is 34.9 Å². The highest BCUT2D eigenvalue weighted by molar-refractivity contribution is 8.00. The molecule has 0 radical (unpaired) electrons. The zero-order valence-electron chi connectivity index (χ0n) is 15.1. The van der Waals surface area contributed by atoms with Crippen molar-refractivity contribution in [2.24, 2.45) is 5.92 Å². The lowest BCUT2D eigenvalue weighted by molar-refractivity contribution is 0.0696. The monoisotopic (exact) mass is 413 g/mol. The summed E-state index contributed by atoms with van der Waals surface area (Å²) in [4.78, 5) is 11.5. The van der Waals surface area contributed by atoms with Crippen molar-refractivity contribution in [1.82, 2.24) is 0 Å². The molecule has 3 atom stereocenters. The van der Waals surface area contributed by atoms with Crippen LogP contribution < -0.4 is 10.1 Å². The van der Waals surface area contributed by atoms with Crippen LogP contribution in [0.1, 0.15) is 39.9 Å². The van der Waals surface area contributed by atoms with Gasteiger partial charge in [-0.3, -0.25) is 0 Å². The zero-order valence-corrected chi connectivity index (χ0v) is 16.7. The summed E-state index contributed by atoms with van der Waals surface area (Å²) in [7, 11) is 0. The number of carboxylic acid groups (broad SMARTS) is 1. The first-order chi connectivity index (χ1) is 13.6. The van der Waals surface area contributed by atoms with E-state index in [2.05, 4.69) is 29.6 Å². The average molecular weight is 414 g/mol. The van der Waals surface area contributed by atoms with Gasteiger partial charge in [-0.1, -0.05) is 35.9 Å². The van der Waals surface area contributed by atoms with Crippen molar-refractivity contribution >= 4 is 35.0 Å². The molecule has 0 saturated carbocycles. The molecule has 2 N–H and O–H groups in total. The summed E-state index contributed by atoms with van der Waals surface area (Å²) in [6, 6.07) is 11.7. The number of thioether (sulfide) groups is 1. The third-order valence-electron chi connectivity index (χ3n) is 5.80. The summed E-state index contributed by atoms with van der Waals surface area (Å²) in [5.74, 6) is 2.53. The molecule has 1 fully saturated rings. The molecule has 2 heterocycles. The Morgan fingerprint density at radius 2 is 2.11 bits per heavy atom. The van der Waals surface area contributed by atoms with Crippen LogP contribution >= 0.6 is 23.4 Å². The predicted octanol–water partition coefficient (Wildman–Crippen LogP) is 5.36. The number of anilines is 1. The Kier molecular flexibility index (Phi) is 4.52. The highest BCUT2D eigenvalue weighted by Gasteiger charge is 2.39. The number of ether oxygens (including phenoxy) is 1. The van der Waals surface area contributed by atoms with E-state index in [0.29, 0.717) is 17.0 Å². The van der Waals surface area contributed by atoms with E-state index >= 15 is 0 Å². The molecule has 144 valence electrons. The van der Waals surface area contributed by atoms with Crippen LogP contribution in [-0.4, -0.2) is 28.7 Å². The number of hydrogen-bond donors (Lipinski definition) is 2. The number of carboxylic acids is 1. The Labute approximate surface area is 172 Å². The number of nitrogens with one attached hydrogen (secondary N) is 1. The number of halogens is 1. The Morgan fingerprint density at radius 3 is 2.86 bits per heavy atom. The molecule has 2 aromatic rings. The van der Waals surface area contributed by atoms with Crippen LogP contribution in [0.2, 0.25) is 5.02 Å². The van der Waals surface area contributed by atoms with Crippen molar-refractivity contribution in [3.05, 3.63) is 70.3 Å². The highest BCUT2D eigenvalue weighted by atomic mass is 35.5. The van der Waals surface area contributed by atoms with Crippen molar-refractivity contribution in [1.29, 1.82) is 0 Å². The van der Waals surface area contributed by atoms with E-state index in [9.17, 15) is 9.90 Å². The quantitative estimate of drug-likeness (QED) is 0.661. The molecule has 6 heteroatoms. The topological polar surface area (TPSA) is 58.6 Å². The van der Waals surface area contributed by atoms with Crippen LogP contribution in [0.5, 0.6) is 5.75 Å². The number of benzene rings is 2. The Bertz CT molecular complexity index is 972. The molecule has 0 aromatic heterocycles. The molecule has 3 aliphatic rings. The predicted molar refractivity (Wildman–Crippen MR) is 113 cm³/mol. The van der Waals surface area contributed by atoms with Crippen LogP contribution in [0.4, 0.5) is 5.69 Å². The molecule has 2 aromatic carbocycles. The third-order valence-corrected chi connectivity index (χ3v) is 7.31. The van der Waals surface area contributed by atoms with Gasteiger partial charge in [0.15, 0.2) is 0 Å². The Morgan fingerprint density at radius 1 is 1.25 bits per heavy atom. The lowest BCUT2D eigenvalue weighted by Crippen LogP contribution is -2.31. The van der Waals surface area contributed by atoms with Crippen LogP contribution in [0.15, 0.2) is 48.6 Å². The second kappa shape index (κ2) is 7.05. The number of fused-ring (bicyclic) bond motifs is 3. The summed E-state index contributed by atoms with van der Waals surface area (Å²) < 4.78 is 6.07. The second-order valence-electron chi connectivity index (χ2n) is 7.55. The lowest BCUT2D eigenvalue weighted by Gasteiger charge is -2.38. The SMILES string of the molecule is O=C(O)c1cc(Cl)c2c(c1)[C@H]1C=CC[C@H]1[C@@H](c1cccc(OC3CSC3)c1)N2. The van der Waals surface area contributed by atoms with E-state index in [1.54, 1.807) is 6.07 Å². The standard InChI is InChI=1S/C22H20ClNO3S/c23-19-9-13(22(25)26)8-18-16-5-2-6-17(16)20(24-21(18)19)12-3-1-4-14(7-12)27-15-10-28-11-15/h1-5,7-9,15-17,20,24H,6,10-11H2,(H,25,26)/t16-,17+,20+/m0/s1. The minimum absolute atomic E-state index is 0.0972. The van der Waals surface area contributed by atoms with Gasteiger partial charge < -0.3 is 15.2 Å². The average Bonchev–Trinajstić information content (AvgIpc) is 3.14. The minimum atomic E-state index is -0.954. The van der Waals surface area contributed by atoms with Gasteiger partial charge in [0.2, 0.25) is 0 Å². The van der Waals surface area contributed by atoms with Crippen molar-refractivity contribution in [2.45, 2.75) is 24.5 Å². The van der Waals surface area contributed by atoms with Gasteiger partial charge in [-0.2, -0.15) is 11.8 Å². The van der Waals surface area contributed by atoms with E-state index in [-0.39, 0.29) is 17.5 Å². The maximum absolute atomic E-state index is 11.5. The normalized spacial score (nSPS) is 25.4. The van der Waals surface area contributed by atoms with E-state index < -0.39 is 5.97 Å². The molecule has 1 aliphatic carbocycles. The Hall–Kier alpha value is -2.11. The third kappa shape index (κ3) is 3.07. The molecule has 0 amide bonds. The highest BCUT2D eigenvalue weighted by Crippen LogP contribution is 2.52. The first-order valence-electron chi connectivity index (χ1n) is 9.44. The summed E-state index contributed by atoms with van der Waals surface area (Å²) in [6.45, 7) is 0. The first kappa shape index (κ1) is 18.0. The smallest absolute Gasteiger partial charge is 0.335 e. The minimum Gasteiger partial charge on any atom is -0.489 e. The molecule has 2 aliphatic heterocycles. The maximum Gasteiger partial charge on any atom is 0.335 e. The fourth-order valence-corrected chi connectivity index (χ4v) is 5.21. The Balaban J connectivity index is 1.51. The second-order valence-corrected chi connectivity index (χ2v) is 9.03. The first-order valence-corrected chi connectivity index (χ1v) is 11.0. The van der Waals surface area contributed by atoms with Gasteiger partial charge in [-0.15, -0.1) is 0 Å². The number of aromatic carboxylic acids is 1. The van der Waals surface area contributed by atoms with E-state index in [1.165, 1.54) is 11.6 Å². The van der Waals surface area contributed by atoms with Crippen LogP contribution in [0.25, 0.3) is 0 Å². The number of hydrogen-bond acceptors (Lipinski definition) is 4. The molecule has 0 unspecified atom stereocenters.